The van der Waals surface area contributed by atoms with E-state index >= 15 is 0 Å². The lowest BCUT2D eigenvalue weighted by Gasteiger charge is -2.24. The van der Waals surface area contributed by atoms with Gasteiger partial charge >= 0.3 is 12.1 Å². The molecule has 0 saturated heterocycles. The van der Waals surface area contributed by atoms with Gasteiger partial charge in [0.25, 0.3) is 0 Å². The average molecular weight is 356 g/mol. The Labute approximate surface area is 145 Å². The third kappa shape index (κ3) is 5.31. The molecule has 1 fully saturated rings. The molecule has 1 aromatic rings. The molecular weight excluding hydrogens is 333 g/mol. The summed E-state index contributed by atoms with van der Waals surface area (Å²) < 4.78 is 43.6. The maximum Gasteiger partial charge on any atom is 0.416 e. The normalized spacial score (nSPS) is 17.1. The van der Waals surface area contributed by atoms with Crippen molar-refractivity contribution in [2.75, 3.05) is 6.61 Å². The summed E-state index contributed by atoms with van der Waals surface area (Å²) in [6.45, 7) is 1.78. The summed E-state index contributed by atoms with van der Waals surface area (Å²) in [7, 11) is 0. The summed E-state index contributed by atoms with van der Waals surface area (Å²) in [5.74, 6) is -2.08. The van der Waals surface area contributed by atoms with E-state index in [-0.39, 0.29) is 24.7 Å². The molecule has 138 valence electrons. The van der Waals surface area contributed by atoms with E-state index in [1.54, 1.807) is 6.92 Å². The van der Waals surface area contributed by atoms with Crippen LogP contribution in [0.5, 0.6) is 0 Å². The molecule has 2 rings (SSSR count). The average Bonchev–Trinajstić information content (AvgIpc) is 2.59. The van der Waals surface area contributed by atoms with Crippen molar-refractivity contribution < 1.29 is 27.5 Å². The predicted molar refractivity (Wildman–Crippen MR) is 86.9 cm³/mol. The highest BCUT2D eigenvalue weighted by Crippen LogP contribution is 2.31. The van der Waals surface area contributed by atoms with Gasteiger partial charge in [0.1, 0.15) is 5.92 Å². The molecule has 0 aromatic heterocycles. The predicted octanol–water partition coefficient (Wildman–Crippen LogP) is 4.58. The monoisotopic (exact) mass is 356 g/mol. The van der Waals surface area contributed by atoms with Crippen molar-refractivity contribution in [1.82, 2.24) is 0 Å². The first-order valence-electron chi connectivity index (χ1n) is 8.69. The smallest absolute Gasteiger partial charge is 0.416 e. The van der Waals surface area contributed by atoms with Crippen LogP contribution < -0.4 is 0 Å². The van der Waals surface area contributed by atoms with E-state index < -0.39 is 23.6 Å². The van der Waals surface area contributed by atoms with Gasteiger partial charge in [-0.15, -0.1) is 0 Å². The van der Waals surface area contributed by atoms with Crippen molar-refractivity contribution >= 4 is 11.8 Å². The molecule has 0 heterocycles. The number of benzene rings is 1. The first-order chi connectivity index (χ1) is 11.8. The van der Waals surface area contributed by atoms with E-state index in [4.69, 9.17) is 4.74 Å². The van der Waals surface area contributed by atoms with Crippen molar-refractivity contribution in [3.63, 3.8) is 0 Å². The molecule has 3 nitrogen and oxygen atoms in total. The van der Waals surface area contributed by atoms with Gasteiger partial charge in [-0.2, -0.15) is 13.2 Å². The Balaban J connectivity index is 2.21. The molecule has 1 aliphatic rings. The summed E-state index contributed by atoms with van der Waals surface area (Å²) in [5.41, 5.74) is -0.463. The van der Waals surface area contributed by atoms with Crippen LogP contribution in [-0.4, -0.2) is 18.4 Å². The number of alkyl halides is 3. The number of hydrogen-bond donors (Lipinski definition) is 0. The van der Waals surface area contributed by atoms with Crippen LogP contribution >= 0.6 is 0 Å². The van der Waals surface area contributed by atoms with Gasteiger partial charge in [-0.3, -0.25) is 9.59 Å². The van der Waals surface area contributed by atoms with Crippen LogP contribution in [0.1, 0.15) is 50.2 Å². The van der Waals surface area contributed by atoms with E-state index in [0.29, 0.717) is 5.56 Å². The van der Waals surface area contributed by atoms with E-state index in [1.807, 2.05) is 0 Å². The zero-order valence-electron chi connectivity index (χ0n) is 14.3. The van der Waals surface area contributed by atoms with Crippen LogP contribution in [-0.2, 0) is 26.9 Å². The molecule has 0 aliphatic heterocycles. The first kappa shape index (κ1) is 19.5. The van der Waals surface area contributed by atoms with Crippen LogP contribution in [0.2, 0.25) is 0 Å². The molecule has 1 aromatic carbocycles. The molecule has 1 atom stereocenters. The minimum Gasteiger partial charge on any atom is -0.465 e. The zero-order valence-corrected chi connectivity index (χ0v) is 14.3. The van der Waals surface area contributed by atoms with Gasteiger partial charge in [-0.05, 0) is 37.8 Å². The lowest BCUT2D eigenvalue weighted by Crippen LogP contribution is -2.34. The second kappa shape index (κ2) is 8.50. The maximum absolute atomic E-state index is 12.9. The fourth-order valence-electron chi connectivity index (χ4n) is 3.32. The quantitative estimate of drug-likeness (QED) is 0.554. The van der Waals surface area contributed by atoms with Gasteiger partial charge in [0, 0.05) is 5.92 Å². The van der Waals surface area contributed by atoms with Crippen LogP contribution in [0.25, 0.3) is 0 Å². The minimum atomic E-state index is -4.46. The summed E-state index contributed by atoms with van der Waals surface area (Å²) in [6.07, 6.45) is -0.0952. The number of rotatable bonds is 6. The highest BCUT2D eigenvalue weighted by Gasteiger charge is 2.35. The third-order valence-corrected chi connectivity index (χ3v) is 4.62. The maximum atomic E-state index is 12.9. The van der Waals surface area contributed by atoms with Gasteiger partial charge in [0.2, 0.25) is 0 Å². The number of carbonyl (C=O) groups is 2. The SMILES string of the molecule is CCOC(=O)C(Cc1cccc(C(F)(F)F)c1)C(=O)C1CCCCC1. The number of hydrogen-bond acceptors (Lipinski definition) is 3. The molecule has 0 N–H and O–H groups in total. The molecule has 25 heavy (non-hydrogen) atoms. The van der Waals surface area contributed by atoms with Crippen LogP contribution in [0.15, 0.2) is 24.3 Å². The summed E-state index contributed by atoms with van der Waals surface area (Å²) >= 11 is 0. The van der Waals surface area contributed by atoms with E-state index in [0.717, 1.165) is 44.2 Å². The van der Waals surface area contributed by atoms with Crippen molar-refractivity contribution in [3.05, 3.63) is 35.4 Å². The summed E-state index contributed by atoms with van der Waals surface area (Å²) in [4.78, 5) is 25.0. The summed E-state index contributed by atoms with van der Waals surface area (Å²) in [5, 5.41) is 0. The number of halogens is 3. The van der Waals surface area contributed by atoms with Crippen molar-refractivity contribution in [1.29, 1.82) is 0 Å². The highest BCUT2D eigenvalue weighted by atomic mass is 19.4. The molecular formula is C19H23F3O3. The highest BCUT2D eigenvalue weighted by molar-refractivity contribution is 6.00. The largest absolute Gasteiger partial charge is 0.465 e. The number of esters is 1. The van der Waals surface area contributed by atoms with Crippen LogP contribution in [0.4, 0.5) is 13.2 Å². The van der Waals surface area contributed by atoms with Gasteiger partial charge in [-0.25, -0.2) is 0 Å². The Morgan fingerprint density at radius 3 is 2.48 bits per heavy atom. The Hall–Kier alpha value is -1.85. The molecule has 0 radical (unpaired) electrons. The third-order valence-electron chi connectivity index (χ3n) is 4.62. The summed E-state index contributed by atoms with van der Waals surface area (Å²) in [6, 6.07) is 4.78. The van der Waals surface area contributed by atoms with Gasteiger partial charge < -0.3 is 4.74 Å². The molecule has 1 saturated carbocycles. The lowest BCUT2D eigenvalue weighted by atomic mass is 9.80. The first-order valence-corrected chi connectivity index (χ1v) is 8.69. The molecule has 0 spiro atoms. The van der Waals surface area contributed by atoms with E-state index in [9.17, 15) is 22.8 Å². The Morgan fingerprint density at radius 2 is 1.88 bits per heavy atom. The molecule has 1 unspecified atom stereocenters. The number of ketones is 1. The second-order valence-electron chi connectivity index (χ2n) is 6.44. The minimum absolute atomic E-state index is 0.0575. The molecule has 0 amide bonds. The number of Topliss-reactive ketones (excluding diaryl/α,β-unsaturated/α-hetero) is 1. The molecule has 0 bridgehead atoms. The van der Waals surface area contributed by atoms with Crippen molar-refractivity contribution in [3.8, 4) is 0 Å². The van der Waals surface area contributed by atoms with Gasteiger partial charge in [0.15, 0.2) is 5.78 Å². The Morgan fingerprint density at radius 1 is 1.20 bits per heavy atom. The van der Waals surface area contributed by atoms with Crippen molar-refractivity contribution in [2.24, 2.45) is 11.8 Å². The standard InChI is InChI=1S/C19H23F3O3/c1-2-25-18(24)16(17(23)14-8-4-3-5-9-14)12-13-7-6-10-15(11-13)19(20,21)22/h6-7,10-11,14,16H,2-5,8-9,12H2,1H3. The molecule has 6 heteroatoms. The van der Waals surface area contributed by atoms with Crippen LogP contribution in [0, 0.1) is 11.8 Å². The Kier molecular flexibility index (Phi) is 6.62. The van der Waals surface area contributed by atoms with Crippen molar-refractivity contribution in [2.45, 2.75) is 51.6 Å². The fraction of sp³-hybridized carbons (Fsp3) is 0.579. The fourth-order valence-corrected chi connectivity index (χ4v) is 3.32. The van der Waals surface area contributed by atoms with Gasteiger partial charge in [-0.1, -0.05) is 37.5 Å². The topological polar surface area (TPSA) is 43.4 Å². The number of ether oxygens (including phenoxy) is 1. The zero-order chi connectivity index (χ0) is 18.4. The molecule has 1 aliphatic carbocycles. The van der Waals surface area contributed by atoms with Crippen LogP contribution in [0.3, 0.4) is 0 Å². The van der Waals surface area contributed by atoms with Gasteiger partial charge in [0.05, 0.1) is 12.2 Å². The second-order valence-corrected chi connectivity index (χ2v) is 6.44. The number of carbonyl (C=O) groups excluding carboxylic acids is 2. The van der Waals surface area contributed by atoms with E-state index in [2.05, 4.69) is 0 Å². The lowest BCUT2D eigenvalue weighted by molar-refractivity contribution is -0.152. The Bertz CT molecular complexity index is 604. The van der Waals surface area contributed by atoms with E-state index in [1.165, 1.54) is 12.1 Å².